The Hall–Kier alpha value is -1.26. The lowest BCUT2D eigenvalue weighted by atomic mass is 10.2. The Bertz CT molecular complexity index is 409. The maximum Gasteiger partial charge on any atom is 0.222 e. The minimum Gasteiger partial charge on any atom is -0.490 e. The summed E-state index contributed by atoms with van der Waals surface area (Å²) < 4.78 is 5.51. The molecule has 0 bridgehead atoms. The molecule has 1 aromatic rings. The first-order valence-corrected chi connectivity index (χ1v) is 6.68. The fraction of sp³-hybridized carbons (Fsp3) is 0.500. The predicted octanol–water partition coefficient (Wildman–Crippen LogP) is 2.34. The molecule has 106 valence electrons. The molecule has 1 atom stereocenters. The van der Waals surface area contributed by atoms with E-state index in [9.17, 15) is 4.79 Å². The van der Waals surface area contributed by atoms with E-state index >= 15 is 0 Å². The number of rotatable bonds is 7. The molecule has 0 aliphatic rings. The molecule has 0 spiro atoms. The lowest BCUT2D eigenvalue weighted by Crippen LogP contribution is -2.31. The number of amides is 1. The van der Waals surface area contributed by atoms with Crippen molar-refractivity contribution < 1.29 is 14.6 Å². The summed E-state index contributed by atoms with van der Waals surface area (Å²) in [6.07, 6.45) is 0.381. The van der Waals surface area contributed by atoms with Crippen molar-refractivity contribution in [3.05, 3.63) is 29.3 Å². The van der Waals surface area contributed by atoms with Crippen LogP contribution in [0.5, 0.6) is 5.75 Å². The minimum atomic E-state index is -0.447. The summed E-state index contributed by atoms with van der Waals surface area (Å²) >= 11 is 5.95. The Balaban J connectivity index is 2.29. The van der Waals surface area contributed by atoms with E-state index in [1.807, 2.05) is 12.1 Å². The molecule has 1 N–H and O–H groups in total. The van der Waals surface area contributed by atoms with Crippen molar-refractivity contribution in [3.8, 4) is 5.75 Å². The van der Waals surface area contributed by atoms with Crippen molar-refractivity contribution in [1.82, 2.24) is 4.90 Å². The number of aliphatic hydroxyl groups is 1. The standard InChI is InChI=1S/C14H20ClNO3/c1-11(17)7-8-14(18)16(2)9-10-19-13-6-4-3-5-12(13)15/h3-6,11,17H,7-10H2,1-2H3. The first-order valence-electron chi connectivity index (χ1n) is 6.30. The molecular weight excluding hydrogens is 266 g/mol. The third-order valence-electron chi connectivity index (χ3n) is 2.72. The molecule has 1 amide bonds. The van der Waals surface area contributed by atoms with Gasteiger partial charge >= 0.3 is 0 Å². The Morgan fingerprint density at radius 3 is 2.79 bits per heavy atom. The molecule has 5 heteroatoms. The van der Waals surface area contributed by atoms with Crippen LogP contribution >= 0.6 is 11.6 Å². The van der Waals surface area contributed by atoms with E-state index in [0.29, 0.717) is 36.8 Å². The van der Waals surface area contributed by atoms with Gasteiger partial charge in [-0.3, -0.25) is 4.79 Å². The van der Waals surface area contributed by atoms with Crippen molar-refractivity contribution in [2.75, 3.05) is 20.2 Å². The first kappa shape index (κ1) is 15.8. The van der Waals surface area contributed by atoms with Gasteiger partial charge in [-0.1, -0.05) is 23.7 Å². The van der Waals surface area contributed by atoms with E-state index in [4.69, 9.17) is 21.4 Å². The highest BCUT2D eigenvalue weighted by Crippen LogP contribution is 2.22. The van der Waals surface area contributed by atoms with Gasteiger partial charge in [0.1, 0.15) is 12.4 Å². The number of hydrogen-bond acceptors (Lipinski definition) is 3. The van der Waals surface area contributed by atoms with Gasteiger partial charge in [-0.05, 0) is 25.5 Å². The number of aliphatic hydroxyl groups excluding tert-OH is 1. The second-order valence-electron chi connectivity index (χ2n) is 4.48. The monoisotopic (exact) mass is 285 g/mol. The summed E-state index contributed by atoms with van der Waals surface area (Å²) in [7, 11) is 1.72. The lowest BCUT2D eigenvalue weighted by molar-refractivity contribution is -0.130. The predicted molar refractivity (Wildman–Crippen MR) is 75.5 cm³/mol. The normalized spacial score (nSPS) is 12.0. The lowest BCUT2D eigenvalue weighted by Gasteiger charge is -2.18. The van der Waals surface area contributed by atoms with E-state index in [1.165, 1.54) is 0 Å². The van der Waals surface area contributed by atoms with Gasteiger partial charge < -0.3 is 14.7 Å². The van der Waals surface area contributed by atoms with E-state index in [-0.39, 0.29) is 5.91 Å². The Morgan fingerprint density at radius 2 is 2.16 bits per heavy atom. The highest BCUT2D eigenvalue weighted by molar-refractivity contribution is 6.32. The second-order valence-corrected chi connectivity index (χ2v) is 4.89. The van der Waals surface area contributed by atoms with E-state index < -0.39 is 6.10 Å². The molecule has 0 heterocycles. The molecule has 1 rings (SSSR count). The quantitative estimate of drug-likeness (QED) is 0.836. The Kier molecular flexibility index (Phi) is 6.67. The van der Waals surface area contributed by atoms with Gasteiger partial charge in [0.15, 0.2) is 0 Å². The molecule has 19 heavy (non-hydrogen) atoms. The van der Waals surface area contributed by atoms with Gasteiger partial charge in [-0.2, -0.15) is 0 Å². The van der Waals surface area contributed by atoms with Crippen molar-refractivity contribution in [3.63, 3.8) is 0 Å². The van der Waals surface area contributed by atoms with Crippen LogP contribution < -0.4 is 4.74 Å². The van der Waals surface area contributed by atoms with Crippen LogP contribution in [0.2, 0.25) is 5.02 Å². The number of benzene rings is 1. The van der Waals surface area contributed by atoms with Crippen LogP contribution in [0.15, 0.2) is 24.3 Å². The zero-order valence-electron chi connectivity index (χ0n) is 11.3. The van der Waals surface area contributed by atoms with Crippen molar-refractivity contribution >= 4 is 17.5 Å². The van der Waals surface area contributed by atoms with Crippen LogP contribution in [0.3, 0.4) is 0 Å². The second kappa shape index (κ2) is 8.02. The summed E-state index contributed by atoms with van der Waals surface area (Å²) in [6.45, 7) is 2.55. The van der Waals surface area contributed by atoms with Gasteiger partial charge in [0.2, 0.25) is 5.91 Å². The van der Waals surface area contributed by atoms with Crippen LogP contribution in [-0.2, 0) is 4.79 Å². The largest absolute Gasteiger partial charge is 0.490 e. The summed E-state index contributed by atoms with van der Waals surface area (Å²) in [4.78, 5) is 13.3. The van der Waals surface area contributed by atoms with Gasteiger partial charge in [-0.25, -0.2) is 0 Å². The summed E-state index contributed by atoms with van der Waals surface area (Å²) in [6, 6.07) is 7.23. The number of likely N-dealkylation sites (N-methyl/N-ethyl adjacent to an activating group) is 1. The molecule has 0 aromatic heterocycles. The number of carbonyl (C=O) groups is 1. The molecule has 0 saturated carbocycles. The average molecular weight is 286 g/mol. The summed E-state index contributed by atoms with van der Waals surface area (Å²) in [5, 5.41) is 9.69. The van der Waals surface area contributed by atoms with Crippen LogP contribution in [0.4, 0.5) is 0 Å². The zero-order chi connectivity index (χ0) is 14.3. The smallest absolute Gasteiger partial charge is 0.222 e. The molecule has 1 aromatic carbocycles. The van der Waals surface area contributed by atoms with Crippen LogP contribution in [-0.4, -0.2) is 42.2 Å². The molecule has 1 unspecified atom stereocenters. The third-order valence-corrected chi connectivity index (χ3v) is 3.03. The van der Waals surface area contributed by atoms with Crippen molar-refractivity contribution in [1.29, 1.82) is 0 Å². The fourth-order valence-electron chi connectivity index (χ4n) is 1.50. The maximum atomic E-state index is 11.7. The molecule has 0 fully saturated rings. The van der Waals surface area contributed by atoms with E-state index in [2.05, 4.69) is 0 Å². The van der Waals surface area contributed by atoms with Gasteiger partial charge in [0.05, 0.1) is 17.7 Å². The highest BCUT2D eigenvalue weighted by Gasteiger charge is 2.10. The maximum absolute atomic E-state index is 11.7. The Labute approximate surface area is 118 Å². The highest BCUT2D eigenvalue weighted by atomic mass is 35.5. The molecule has 0 aliphatic heterocycles. The molecule has 0 aliphatic carbocycles. The fourth-order valence-corrected chi connectivity index (χ4v) is 1.69. The van der Waals surface area contributed by atoms with Gasteiger partial charge in [0.25, 0.3) is 0 Å². The first-order chi connectivity index (χ1) is 9.00. The van der Waals surface area contributed by atoms with Crippen molar-refractivity contribution in [2.45, 2.75) is 25.9 Å². The van der Waals surface area contributed by atoms with Crippen LogP contribution in [0, 0.1) is 0 Å². The van der Waals surface area contributed by atoms with Crippen molar-refractivity contribution in [2.24, 2.45) is 0 Å². The number of carbonyl (C=O) groups excluding carboxylic acids is 1. The third kappa shape index (κ3) is 5.94. The van der Waals surface area contributed by atoms with E-state index in [1.54, 1.807) is 31.0 Å². The molecule has 0 radical (unpaired) electrons. The molecule has 0 saturated heterocycles. The number of hydrogen-bond donors (Lipinski definition) is 1. The average Bonchev–Trinajstić information content (AvgIpc) is 2.38. The van der Waals surface area contributed by atoms with E-state index in [0.717, 1.165) is 0 Å². The summed E-state index contributed by atoms with van der Waals surface area (Å²) in [5.74, 6) is 0.623. The SMILES string of the molecule is CC(O)CCC(=O)N(C)CCOc1ccccc1Cl. The van der Waals surface area contributed by atoms with Crippen LogP contribution in [0.25, 0.3) is 0 Å². The van der Waals surface area contributed by atoms with Gasteiger partial charge in [0, 0.05) is 13.5 Å². The van der Waals surface area contributed by atoms with Crippen LogP contribution in [0.1, 0.15) is 19.8 Å². The number of halogens is 1. The van der Waals surface area contributed by atoms with Gasteiger partial charge in [-0.15, -0.1) is 0 Å². The number of para-hydroxylation sites is 1. The number of nitrogens with zero attached hydrogens (tertiary/aromatic N) is 1. The summed E-state index contributed by atoms with van der Waals surface area (Å²) in [5.41, 5.74) is 0. The molecule has 4 nitrogen and oxygen atoms in total. The zero-order valence-corrected chi connectivity index (χ0v) is 12.1. The topological polar surface area (TPSA) is 49.8 Å². The Morgan fingerprint density at radius 1 is 1.47 bits per heavy atom. The number of ether oxygens (including phenoxy) is 1. The molecular formula is C14H20ClNO3. The minimum absolute atomic E-state index is 0.00339.